The van der Waals surface area contributed by atoms with Crippen molar-refractivity contribution >= 4 is 31.6 Å². The molecule has 27 heavy (non-hydrogen) atoms. The predicted octanol–water partition coefficient (Wildman–Crippen LogP) is 3.82. The molecule has 0 fully saturated rings. The van der Waals surface area contributed by atoms with Crippen LogP contribution in [0.25, 0.3) is 0 Å². The normalized spacial score (nSPS) is 13.1. The maximum Gasteiger partial charge on any atom is 0.262 e. The van der Waals surface area contributed by atoms with Crippen LogP contribution in [-0.4, -0.2) is 34.8 Å². The van der Waals surface area contributed by atoms with Gasteiger partial charge in [0.1, 0.15) is 13.2 Å². The van der Waals surface area contributed by atoms with Gasteiger partial charge in [-0.1, -0.05) is 0 Å². The average molecular weight is 458 g/mol. The molecule has 1 aliphatic rings. The molecule has 0 unspecified atom stereocenters. The van der Waals surface area contributed by atoms with Gasteiger partial charge in [-0.3, -0.25) is 4.72 Å². The van der Waals surface area contributed by atoms with E-state index in [2.05, 4.69) is 20.7 Å². The molecule has 1 heterocycles. The van der Waals surface area contributed by atoms with E-state index in [4.69, 9.17) is 18.9 Å². The van der Waals surface area contributed by atoms with E-state index in [1.165, 1.54) is 12.1 Å². The molecule has 3 rings (SSSR count). The Kier molecular flexibility index (Phi) is 6.01. The standard InChI is InChI=1S/C18H20BrNO6S/c1-3-23-15-6-5-12(9-16(15)24-4-2)27(21,22)20-14-11-18-17(10-13(14)19)25-7-8-26-18/h5-6,9-11,20H,3-4,7-8H2,1-2H3. The lowest BCUT2D eigenvalue weighted by Gasteiger charge is -2.20. The second-order valence-electron chi connectivity index (χ2n) is 5.56. The van der Waals surface area contributed by atoms with Crippen molar-refractivity contribution in [2.24, 2.45) is 0 Å². The molecule has 2 aromatic carbocycles. The highest BCUT2D eigenvalue weighted by molar-refractivity contribution is 9.10. The van der Waals surface area contributed by atoms with Gasteiger partial charge < -0.3 is 18.9 Å². The van der Waals surface area contributed by atoms with Crippen molar-refractivity contribution in [1.29, 1.82) is 0 Å². The molecule has 0 saturated heterocycles. The quantitative estimate of drug-likeness (QED) is 0.680. The minimum Gasteiger partial charge on any atom is -0.490 e. The summed E-state index contributed by atoms with van der Waals surface area (Å²) in [5.74, 6) is 1.93. The van der Waals surface area contributed by atoms with Gasteiger partial charge in [-0.15, -0.1) is 0 Å². The van der Waals surface area contributed by atoms with E-state index in [0.717, 1.165) is 0 Å². The highest BCUT2D eigenvalue weighted by Crippen LogP contribution is 2.39. The third-order valence-corrected chi connectivity index (χ3v) is 5.72. The van der Waals surface area contributed by atoms with E-state index in [-0.39, 0.29) is 4.90 Å². The van der Waals surface area contributed by atoms with Crippen molar-refractivity contribution in [3.8, 4) is 23.0 Å². The number of rotatable bonds is 7. The summed E-state index contributed by atoms with van der Waals surface area (Å²) in [5, 5.41) is 0. The molecule has 0 aromatic heterocycles. The molecule has 0 atom stereocenters. The molecule has 0 amide bonds. The number of hydrogen-bond donors (Lipinski definition) is 1. The zero-order valence-electron chi connectivity index (χ0n) is 15.0. The van der Waals surface area contributed by atoms with Crippen LogP contribution in [0.1, 0.15) is 13.8 Å². The van der Waals surface area contributed by atoms with Gasteiger partial charge in [-0.05, 0) is 41.9 Å². The molecular formula is C18H20BrNO6S. The number of nitrogens with one attached hydrogen (secondary N) is 1. The fraction of sp³-hybridized carbons (Fsp3) is 0.333. The van der Waals surface area contributed by atoms with Crippen LogP contribution in [0.15, 0.2) is 39.7 Å². The van der Waals surface area contributed by atoms with Crippen molar-refractivity contribution in [3.05, 3.63) is 34.8 Å². The summed E-state index contributed by atoms with van der Waals surface area (Å²) in [6.45, 7) is 5.39. The Morgan fingerprint density at radius 3 is 2.30 bits per heavy atom. The number of ether oxygens (including phenoxy) is 4. The lowest BCUT2D eigenvalue weighted by molar-refractivity contribution is 0.171. The second-order valence-corrected chi connectivity index (χ2v) is 8.09. The zero-order valence-corrected chi connectivity index (χ0v) is 17.4. The van der Waals surface area contributed by atoms with Gasteiger partial charge in [-0.2, -0.15) is 0 Å². The molecule has 2 aromatic rings. The minimum absolute atomic E-state index is 0.0659. The Bertz CT molecular complexity index is 932. The molecule has 7 nitrogen and oxygen atoms in total. The Labute approximate surface area is 166 Å². The van der Waals surface area contributed by atoms with E-state index in [0.29, 0.717) is 59.6 Å². The van der Waals surface area contributed by atoms with E-state index in [1.807, 2.05) is 13.8 Å². The van der Waals surface area contributed by atoms with Gasteiger partial charge in [0.25, 0.3) is 10.0 Å². The number of benzene rings is 2. The summed E-state index contributed by atoms with van der Waals surface area (Å²) in [5.41, 5.74) is 0.353. The summed E-state index contributed by atoms with van der Waals surface area (Å²) in [7, 11) is -3.85. The van der Waals surface area contributed by atoms with Crippen LogP contribution in [0.2, 0.25) is 0 Å². The molecule has 146 valence electrons. The van der Waals surface area contributed by atoms with Gasteiger partial charge in [0.2, 0.25) is 0 Å². The van der Waals surface area contributed by atoms with E-state index >= 15 is 0 Å². The first kappa shape index (κ1) is 19.6. The molecular weight excluding hydrogens is 438 g/mol. The molecule has 0 aliphatic carbocycles. The fourth-order valence-electron chi connectivity index (χ4n) is 2.54. The molecule has 9 heteroatoms. The van der Waals surface area contributed by atoms with E-state index in [1.54, 1.807) is 18.2 Å². The van der Waals surface area contributed by atoms with Crippen LogP contribution in [0.5, 0.6) is 23.0 Å². The second kappa shape index (κ2) is 8.26. The topological polar surface area (TPSA) is 83.1 Å². The molecule has 0 spiro atoms. The van der Waals surface area contributed by atoms with Crippen LogP contribution < -0.4 is 23.7 Å². The lowest BCUT2D eigenvalue weighted by atomic mass is 10.2. The van der Waals surface area contributed by atoms with Crippen molar-refractivity contribution in [2.75, 3.05) is 31.1 Å². The first-order chi connectivity index (χ1) is 12.9. The Morgan fingerprint density at radius 1 is 1.00 bits per heavy atom. The molecule has 0 radical (unpaired) electrons. The number of sulfonamides is 1. The number of anilines is 1. The van der Waals surface area contributed by atoms with Crippen LogP contribution in [0.4, 0.5) is 5.69 Å². The summed E-state index contributed by atoms with van der Waals surface area (Å²) in [6, 6.07) is 7.77. The molecule has 1 N–H and O–H groups in total. The Morgan fingerprint density at radius 2 is 1.63 bits per heavy atom. The third-order valence-electron chi connectivity index (χ3n) is 3.70. The first-order valence-electron chi connectivity index (χ1n) is 8.46. The van der Waals surface area contributed by atoms with Gasteiger partial charge in [-0.25, -0.2) is 8.42 Å². The van der Waals surface area contributed by atoms with E-state index in [9.17, 15) is 8.42 Å². The average Bonchev–Trinajstić information content (AvgIpc) is 2.64. The zero-order chi connectivity index (χ0) is 19.4. The van der Waals surface area contributed by atoms with Gasteiger partial charge >= 0.3 is 0 Å². The predicted molar refractivity (Wildman–Crippen MR) is 105 cm³/mol. The van der Waals surface area contributed by atoms with Crippen LogP contribution in [0, 0.1) is 0 Å². The smallest absolute Gasteiger partial charge is 0.262 e. The van der Waals surface area contributed by atoms with Gasteiger partial charge in [0, 0.05) is 22.7 Å². The summed E-state index contributed by atoms with van der Waals surface area (Å²) in [4.78, 5) is 0.0659. The number of hydrogen-bond acceptors (Lipinski definition) is 6. The van der Waals surface area contributed by atoms with Crippen molar-refractivity contribution in [2.45, 2.75) is 18.7 Å². The number of fused-ring (bicyclic) bond motifs is 1. The first-order valence-corrected chi connectivity index (χ1v) is 10.7. The highest BCUT2D eigenvalue weighted by atomic mass is 79.9. The highest BCUT2D eigenvalue weighted by Gasteiger charge is 2.21. The number of halogens is 1. The van der Waals surface area contributed by atoms with Crippen LogP contribution in [0.3, 0.4) is 0 Å². The van der Waals surface area contributed by atoms with Gasteiger partial charge in [0.15, 0.2) is 23.0 Å². The van der Waals surface area contributed by atoms with Crippen molar-refractivity contribution < 1.29 is 27.4 Å². The Hall–Kier alpha value is -2.13. The largest absolute Gasteiger partial charge is 0.490 e. The summed E-state index contributed by atoms with van der Waals surface area (Å²) >= 11 is 3.36. The summed E-state index contributed by atoms with van der Waals surface area (Å²) in [6.07, 6.45) is 0. The Balaban J connectivity index is 1.92. The monoisotopic (exact) mass is 457 g/mol. The molecule has 0 saturated carbocycles. The van der Waals surface area contributed by atoms with E-state index < -0.39 is 10.0 Å². The maximum absolute atomic E-state index is 12.8. The van der Waals surface area contributed by atoms with Crippen LogP contribution in [-0.2, 0) is 10.0 Å². The maximum atomic E-state index is 12.8. The minimum atomic E-state index is -3.85. The van der Waals surface area contributed by atoms with Crippen molar-refractivity contribution in [1.82, 2.24) is 0 Å². The van der Waals surface area contributed by atoms with Crippen molar-refractivity contribution in [3.63, 3.8) is 0 Å². The third kappa shape index (κ3) is 4.41. The summed E-state index contributed by atoms with van der Waals surface area (Å²) < 4.78 is 50.8. The SMILES string of the molecule is CCOc1ccc(S(=O)(=O)Nc2cc3c(cc2Br)OCCO3)cc1OCC. The fourth-order valence-corrected chi connectivity index (χ4v) is 4.18. The lowest BCUT2D eigenvalue weighted by Crippen LogP contribution is -2.17. The molecule has 0 bridgehead atoms. The molecule has 1 aliphatic heterocycles. The van der Waals surface area contributed by atoms with Crippen LogP contribution >= 0.6 is 15.9 Å². The van der Waals surface area contributed by atoms with Gasteiger partial charge in [0.05, 0.1) is 23.8 Å².